The summed E-state index contributed by atoms with van der Waals surface area (Å²) in [7, 11) is 0. The highest BCUT2D eigenvalue weighted by Gasteiger charge is 2.43. The van der Waals surface area contributed by atoms with Crippen LogP contribution in [0, 0.1) is 0 Å². The molecule has 3 rings (SSSR count). The van der Waals surface area contributed by atoms with Crippen molar-refractivity contribution in [3.63, 3.8) is 0 Å². The summed E-state index contributed by atoms with van der Waals surface area (Å²) in [5.41, 5.74) is 0.672. The van der Waals surface area contributed by atoms with E-state index in [0.29, 0.717) is 18.5 Å². The van der Waals surface area contributed by atoms with E-state index in [1.807, 2.05) is 6.07 Å². The van der Waals surface area contributed by atoms with Gasteiger partial charge < -0.3 is 70.4 Å². The summed E-state index contributed by atoms with van der Waals surface area (Å²) in [5.74, 6) is -1.30. The monoisotopic (exact) mass is 742 g/mol. The third kappa shape index (κ3) is 13.9. The number of hydrogen-bond donors (Lipinski definition) is 9. The molecule has 0 unspecified atom stereocenters. The van der Waals surface area contributed by atoms with Crippen LogP contribution in [0.1, 0.15) is 52.4 Å². The number of nitrogens with zero attached hydrogens (tertiary/aromatic N) is 1. The van der Waals surface area contributed by atoms with E-state index in [1.54, 1.807) is 24.3 Å². The molecular formula is C34H54N4O14. The average molecular weight is 743 g/mol. The Morgan fingerprint density at radius 1 is 0.635 bits per heavy atom. The van der Waals surface area contributed by atoms with Crippen LogP contribution < -0.4 is 16.0 Å². The standard InChI is InChI=1S/C34H54N4O14/c1-20-27(43)29(45)31(47)33(51-20)49-18-14-35-23(39)12-16-38(26(42)11-7-6-10-25(41)37-22-8-4-3-5-9-22)17-13-24(40)36-15-19-50-34-32(48)30(46)28(44)21(2)52-34/h3-5,8-9,20-21,27-34,43-48H,6-7,10-19H2,1-2H3,(H,35,39)(H,36,40)(H,37,41)/t20-,21-,27+,28+,29+,30+,31-,32-,33+,34+/m0/s1. The predicted octanol–water partition coefficient (Wildman–Crippen LogP) is -2.29. The van der Waals surface area contributed by atoms with Gasteiger partial charge in [-0.25, -0.2) is 0 Å². The Kier molecular flexibility index (Phi) is 18.3. The van der Waals surface area contributed by atoms with Crippen molar-refractivity contribution < 1.29 is 68.8 Å². The van der Waals surface area contributed by atoms with Gasteiger partial charge in [-0.2, -0.15) is 0 Å². The van der Waals surface area contributed by atoms with Gasteiger partial charge in [0.1, 0.15) is 36.6 Å². The van der Waals surface area contributed by atoms with Gasteiger partial charge in [0.2, 0.25) is 23.6 Å². The molecule has 0 aromatic heterocycles. The first-order valence-electron chi connectivity index (χ1n) is 17.6. The van der Waals surface area contributed by atoms with Crippen LogP contribution in [0.25, 0.3) is 0 Å². The van der Waals surface area contributed by atoms with E-state index in [4.69, 9.17) is 18.9 Å². The van der Waals surface area contributed by atoms with Gasteiger partial charge in [0.05, 0.1) is 25.4 Å². The number of carbonyl (C=O) groups excluding carboxylic acids is 4. The topological polar surface area (TPSA) is 266 Å². The maximum atomic E-state index is 13.2. The zero-order valence-corrected chi connectivity index (χ0v) is 29.5. The van der Waals surface area contributed by atoms with Crippen LogP contribution >= 0.6 is 0 Å². The fourth-order valence-corrected chi connectivity index (χ4v) is 5.51. The number of aliphatic hydroxyl groups excluding tert-OH is 6. The van der Waals surface area contributed by atoms with E-state index in [1.165, 1.54) is 18.7 Å². The third-order valence-electron chi connectivity index (χ3n) is 8.70. The Morgan fingerprint density at radius 3 is 1.58 bits per heavy atom. The number of rotatable bonds is 20. The SMILES string of the molecule is C[C@@H]1O[C@@H](OCCNC(=O)CCN(CCC(=O)NCCO[C@@H]2O[C@@H](C)[C@@H](O)[C@@H](O)[C@@H]2O)C(=O)CCCCC(=O)Nc2ccccc2)[C@@H](O)[C@H](O)[C@@H]1O. The van der Waals surface area contributed by atoms with Gasteiger partial charge in [0.25, 0.3) is 0 Å². The molecule has 1 aromatic carbocycles. The molecule has 0 spiro atoms. The van der Waals surface area contributed by atoms with Crippen molar-refractivity contribution in [1.29, 1.82) is 0 Å². The lowest BCUT2D eigenvalue weighted by molar-refractivity contribution is -0.292. The summed E-state index contributed by atoms with van der Waals surface area (Å²) < 4.78 is 21.6. The van der Waals surface area contributed by atoms with Crippen molar-refractivity contribution in [3.8, 4) is 0 Å². The highest BCUT2D eigenvalue weighted by atomic mass is 16.7. The Balaban J connectivity index is 1.42. The fourth-order valence-electron chi connectivity index (χ4n) is 5.51. The molecule has 2 saturated heterocycles. The molecule has 18 heteroatoms. The van der Waals surface area contributed by atoms with Crippen molar-refractivity contribution >= 4 is 29.3 Å². The summed E-state index contributed by atoms with van der Waals surface area (Å²) in [4.78, 5) is 52.0. The molecule has 2 aliphatic rings. The first-order valence-corrected chi connectivity index (χ1v) is 17.6. The fraction of sp³-hybridized carbons (Fsp3) is 0.706. The second kappa shape index (κ2) is 22.0. The molecule has 2 fully saturated rings. The van der Waals surface area contributed by atoms with Gasteiger partial charge in [0, 0.05) is 57.5 Å². The van der Waals surface area contributed by atoms with Crippen LogP contribution in [0.5, 0.6) is 0 Å². The number of benzene rings is 1. The van der Waals surface area contributed by atoms with Crippen molar-refractivity contribution in [2.45, 2.75) is 114 Å². The lowest BCUT2D eigenvalue weighted by Gasteiger charge is -2.38. The summed E-state index contributed by atoms with van der Waals surface area (Å²) in [5, 5.41) is 67.6. The van der Waals surface area contributed by atoms with E-state index < -0.39 is 73.2 Å². The Hall–Kier alpha value is -3.30. The summed E-state index contributed by atoms with van der Waals surface area (Å²) >= 11 is 0. The predicted molar refractivity (Wildman–Crippen MR) is 182 cm³/mol. The number of unbranched alkanes of at least 4 members (excludes halogenated alkanes) is 1. The molecule has 2 heterocycles. The van der Waals surface area contributed by atoms with Crippen LogP contribution in [-0.2, 0) is 38.1 Å². The van der Waals surface area contributed by atoms with Crippen LogP contribution in [0.4, 0.5) is 5.69 Å². The zero-order valence-electron chi connectivity index (χ0n) is 29.5. The molecule has 2 aliphatic heterocycles. The maximum Gasteiger partial charge on any atom is 0.224 e. The second-order valence-electron chi connectivity index (χ2n) is 12.8. The smallest absolute Gasteiger partial charge is 0.224 e. The van der Waals surface area contributed by atoms with Crippen molar-refractivity contribution in [2.75, 3.05) is 44.7 Å². The molecule has 0 saturated carbocycles. The van der Waals surface area contributed by atoms with Crippen LogP contribution in [-0.4, -0.2) is 160 Å². The number of nitrogens with one attached hydrogen (secondary N) is 3. The average Bonchev–Trinajstić information content (AvgIpc) is 3.12. The first kappa shape index (κ1) is 43.1. The Bertz CT molecular complexity index is 1200. The minimum Gasteiger partial charge on any atom is -0.388 e. The largest absolute Gasteiger partial charge is 0.388 e. The highest BCUT2D eigenvalue weighted by molar-refractivity contribution is 5.90. The Morgan fingerprint density at radius 2 is 1.10 bits per heavy atom. The lowest BCUT2D eigenvalue weighted by atomic mass is 10.0. The number of carbonyl (C=O) groups is 4. The number of anilines is 1. The second-order valence-corrected chi connectivity index (χ2v) is 12.8. The van der Waals surface area contributed by atoms with Gasteiger partial charge in [-0.3, -0.25) is 19.2 Å². The number of aliphatic hydroxyl groups is 6. The first-order chi connectivity index (χ1) is 24.8. The van der Waals surface area contributed by atoms with Crippen molar-refractivity contribution in [3.05, 3.63) is 30.3 Å². The molecule has 9 N–H and O–H groups in total. The molecule has 294 valence electrons. The van der Waals surface area contributed by atoms with E-state index in [0.717, 1.165) is 0 Å². The van der Waals surface area contributed by atoms with Gasteiger partial charge in [-0.15, -0.1) is 0 Å². The lowest BCUT2D eigenvalue weighted by Crippen LogP contribution is -2.57. The molecule has 18 nitrogen and oxygen atoms in total. The quantitative estimate of drug-likeness (QED) is 0.0638. The van der Waals surface area contributed by atoms with Crippen molar-refractivity contribution in [1.82, 2.24) is 15.5 Å². The summed E-state index contributed by atoms with van der Waals surface area (Å²) in [6, 6.07) is 8.99. The summed E-state index contributed by atoms with van der Waals surface area (Å²) in [6.07, 6.45) is -11.4. The Labute approximate surface area is 302 Å². The normalized spacial score (nSPS) is 28.8. The number of para-hydroxylation sites is 1. The van der Waals surface area contributed by atoms with E-state index >= 15 is 0 Å². The van der Waals surface area contributed by atoms with Gasteiger partial charge in [-0.1, -0.05) is 18.2 Å². The maximum absolute atomic E-state index is 13.2. The van der Waals surface area contributed by atoms with Gasteiger partial charge >= 0.3 is 0 Å². The molecular weight excluding hydrogens is 688 g/mol. The number of ether oxygens (including phenoxy) is 4. The molecule has 0 radical (unpaired) electrons. The zero-order chi connectivity index (χ0) is 38.2. The van der Waals surface area contributed by atoms with E-state index in [9.17, 15) is 49.8 Å². The minimum absolute atomic E-state index is 0.00568. The van der Waals surface area contributed by atoms with E-state index in [-0.39, 0.29) is 76.9 Å². The molecule has 52 heavy (non-hydrogen) atoms. The van der Waals surface area contributed by atoms with E-state index in [2.05, 4.69) is 16.0 Å². The minimum atomic E-state index is -1.48. The number of hydrogen-bond acceptors (Lipinski definition) is 14. The third-order valence-corrected chi connectivity index (χ3v) is 8.70. The highest BCUT2D eigenvalue weighted by Crippen LogP contribution is 2.22. The van der Waals surface area contributed by atoms with Crippen LogP contribution in [0.2, 0.25) is 0 Å². The molecule has 0 aliphatic carbocycles. The molecule has 4 amide bonds. The molecule has 1 aromatic rings. The number of amides is 4. The van der Waals surface area contributed by atoms with Crippen molar-refractivity contribution in [2.24, 2.45) is 0 Å². The molecule has 0 bridgehead atoms. The van der Waals surface area contributed by atoms with Crippen LogP contribution in [0.3, 0.4) is 0 Å². The van der Waals surface area contributed by atoms with Gasteiger partial charge in [-0.05, 0) is 38.8 Å². The summed E-state index contributed by atoms with van der Waals surface area (Å²) in [6.45, 7) is 2.98. The van der Waals surface area contributed by atoms with Crippen LogP contribution in [0.15, 0.2) is 30.3 Å². The molecule has 10 atom stereocenters. The van der Waals surface area contributed by atoms with Gasteiger partial charge in [0.15, 0.2) is 12.6 Å².